The van der Waals surface area contributed by atoms with E-state index in [1.807, 2.05) is 26.0 Å². The van der Waals surface area contributed by atoms with Gasteiger partial charge in [0.15, 0.2) is 15.8 Å². The highest BCUT2D eigenvalue weighted by molar-refractivity contribution is 7.90. The Balaban J connectivity index is 1.79. The summed E-state index contributed by atoms with van der Waals surface area (Å²) in [6.07, 6.45) is 5.82. The molecular weight excluding hydrogens is 382 g/mol. The third-order valence-corrected chi connectivity index (χ3v) is 5.94. The second kappa shape index (κ2) is 11.6. The van der Waals surface area contributed by atoms with Gasteiger partial charge >= 0.3 is 0 Å². The van der Waals surface area contributed by atoms with Gasteiger partial charge in [-0.25, -0.2) is 13.4 Å². The van der Waals surface area contributed by atoms with Gasteiger partial charge in [0.25, 0.3) is 0 Å². The predicted octanol–water partition coefficient (Wildman–Crippen LogP) is 3.87. The number of hydrogen-bond acceptors (Lipinski definition) is 3. The number of aryl methyl sites for hydroxylation is 2. The second-order valence-electron chi connectivity index (χ2n) is 7.29. The van der Waals surface area contributed by atoms with E-state index >= 15 is 0 Å². The number of benzene rings is 2. The minimum absolute atomic E-state index is 0.380. The summed E-state index contributed by atoms with van der Waals surface area (Å²) >= 11 is 0. The van der Waals surface area contributed by atoms with E-state index in [1.54, 1.807) is 6.07 Å². The Hall–Kier alpha value is -2.34. The first-order valence-electron chi connectivity index (χ1n) is 10.3. The van der Waals surface area contributed by atoms with Gasteiger partial charge in [0.2, 0.25) is 0 Å². The van der Waals surface area contributed by atoms with Gasteiger partial charge in [-0.3, -0.25) is 0 Å². The zero-order valence-corrected chi connectivity index (χ0v) is 18.6. The van der Waals surface area contributed by atoms with Crippen LogP contribution >= 0.6 is 0 Å². The Labute approximate surface area is 175 Å². The monoisotopic (exact) mass is 415 g/mol. The van der Waals surface area contributed by atoms with Crippen LogP contribution < -0.4 is 10.6 Å². The van der Waals surface area contributed by atoms with Gasteiger partial charge in [-0.2, -0.15) is 0 Å². The van der Waals surface area contributed by atoms with E-state index in [2.05, 4.69) is 46.0 Å². The Bertz CT molecular complexity index is 894. The molecule has 0 radical (unpaired) electrons. The summed E-state index contributed by atoms with van der Waals surface area (Å²) in [7, 11) is -3.19. The zero-order chi connectivity index (χ0) is 21.1. The van der Waals surface area contributed by atoms with Crippen molar-refractivity contribution in [3.05, 3.63) is 65.2 Å². The lowest BCUT2D eigenvalue weighted by molar-refractivity contribution is 0.601. The van der Waals surface area contributed by atoms with Crippen LogP contribution in [0.4, 0.5) is 0 Å². The summed E-state index contributed by atoms with van der Waals surface area (Å²) < 4.78 is 23.5. The number of nitrogens with one attached hydrogen (secondary N) is 2. The maximum Gasteiger partial charge on any atom is 0.191 e. The van der Waals surface area contributed by atoms with Crippen molar-refractivity contribution in [2.24, 2.45) is 4.99 Å². The molecule has 2 rings (SSSR count). The van der Waals surface area contributed by atoms with E-state index in [0.29, 0.717) is 11.4 Å². The summed E-state index contributed by atoms with van der Waals surface area (Å²) in [6.45, 7) is 6.05. The molecule has 0 heterocycles. The SMILES string of the molecule is CCNC(=NCc1ccc(S(C)(=O)=O)c(C)c1)NCCCCCc1ccccc1. The van der Waals surface area contributed by atoms with Crippen molar-refractivity contribution in [2.45, 2.75) is 51.0 Å². The third-order valence-electron chi connectivity index (χ3n) is 4.68. The Morgan fingerprint density at radius 1 is 0.966 bits per heavy atom. The number of guanidine groups is 1. The standard InChI is InChI=1S/C23H33N3O2S/c1-4-24-23(25-16-10-6-9-13-20-11-7-5-8-12-20)26-18-21-14-15-22(19(2)17-21)29(3,27)28/h5,7-8,11-12,14-15,17H,4,6,9-10,13,16,18H2,1-3H3,(H2,24,25,26). The van der Waals surface area contributed by atoms with Crippen molar-refractivity contribution >= 4 is 15.8 Å². The van der Waals surface area contributed by atoms with Gasteiger partial charge in [0, 0.05) is 19.3 Å². The molecule has 0 atom stereocenters. The summed E-state index contributed by atoms with van der Waals surface area (Å²) in [5, 5.41) is 6.65. The zero-order valence-electron chi connectivity index (χ0n) is 17.7. The van der Waals surface area contributed by atoms with E-state index in [1.165, 1.54) is 24.7 Å². The number of hydrogen-bond donors (Lipinski definition) is 2. The van der Waals surface area contributed by atoms with Crippen LogP contribution in [0.1, 0.15) is 42.9 Å². The molecule has 0 aliphatic rings. The van der Waals surface area contributed by atoms with Crippen molar-refractivity contribution in [1.29, 1.82) is 0 Å². The number of aliphatic imine (C=N–C) groups is 1. The van der Waals surface area contributed by atoms with Crippen LogP contribution in [0.15, 0.2) is 58.4 Å². The topological polar surface area (TPSA) is 70.6 Å². The van der Waals surface area contributed by atoms with E-state index in [4.69, 9.17) is 0 Å². The molecule has 0 fully saturated rings. The highest BCUT2D eigenvalue weighted by atomic mass is 32.2. The molecule has 29 heavy (non-hydrogen) atoms. The molecule has 0 spiro atoms. The Morgan fingerprint density at radius 2 is 1.72 bits per heavy atom. The Morgan fingerprint density at radius 3 is 2.38 bits per heavy atom. The number of sulfone groups is 1. The second-order valence-corrected chi connectivity index (χ2v) is 9.27. The van der Waals surface area contributed by atoms with Crippen LogP contribution in [0.5, 0.6) is 0 Å². The predicted molar refractivity (Wildman–Crippen MR) is 121 cm³/mol. The molecular formula is C23H33N3O2S. The molecule has 2 aromatic carbocycles. The van der Waals surface area contributed by atoms with Crippen LogP contribution in [-0.2, 0) is 22.8 Å². The van der Waals surface area contributed by atoms with Crippen LogP contribution in [0.2, 0.25) is 0 Å². The maximum absolute atomic E-state index is 11.7. The third kappa shape index (κ3) is 8.28. The summed E-state index contributed by atoms with van der Waals surface area (Å²) in [5.41, 5.74) is 3.15. The largest absolute Gasteiger partial charge is 0.357 e. The molecule has 6 heteroatoms. The molecule has 158 valence electrons. The van der Waals surface area contributed by atoms with E-state index in [9.17, 15) is 8.42 Å². The first kappa shape index (κ1) is 22.9. The highest BCUT2D eigenvalue weighted by Crippen LogP contribution is 2.17. The van der Waals surface area contributed by atoms with Crippen molar-refractivity contribution < 1.29 is 8.42 Å². The van der Waals surface area contributed by atoms with Gasteiger partial charge in [0.05, 0.1) is 11.4 Å². The summed E-state index contributed by atoms with van der Waals surface area (Å²) in [6, 6.07) is 16.0. The molecule has 0 aromatic heterocycles. The summed E-state index contributed by atoms with van der Waals surface area (Å²) in [4.78, 5) is 5.01. The first-order chi connectivity index (χ1) is 13.9. The molecule has 2 N–H and O–H groups in total. The highest BCUT2D eigenvalue weighted by Gasteiger charge is 2.10. The van der Waals surface area contributed by atoms with E-state index < -0.39 is 9.84 Å². The van der Waals surface area contributed by atoms with Crippen LogP contribution in [0, 0.1) is 6.92 Å². The van der Waals surface area contributed by atoms with Crippen molar-refractivity contribution in [2.75, 3.05) is 19.3 Å². The van der Waals surface area contributed by atoms with E-state index in [0.717, 1.165) is 43.0 Å². The number of rotatable bonds is 10. The molecule has 0 amide bonds. The first-order valence-corrected chi connectivity index (χ1v) is 12.1. The van der Waals surface area contributed by atoms with Gasteiger partial charge in [0.1, 0.15) is 0 Å². The molecule has 0 bridgehead atoms. The fourth-order valence-corrected chi connectivity index (χ4v) is 4.18. The number of unbranched alkanes of at least 4 members (excludes halogenated alkanes) is 2. The Kier molecular flexibility index (Phi) is 9.19. The minimum atomic E-state index is -3.19. The normalized spacial score (nSPS) is 12.0. The molecule has 0 unspecified atom stereocenters. The van der Waals surface area contributed by atoms with Gasteiger partial charge in [-0.1, -0.05) is 48.9 Å². The smallest absolute Gasteiger partial charge is 0.191 e. The lowest BCUT2D eigenvalue weighted by Gasteiger charge is -2.12. The van der Waals surface area contributed by atoms with Gasteiger partial charge < -0.3 is 10.6 Å². The van der Waals surface area contributed by atoms with Crippen LogP contribution in [0.3, 0.4) is 0 Å². The molecule has 2 aromatic rings. The maximum atomic E-state index is 11.7. The van der Waals surface area contributed by atoms with Gasteiger partial charge in [-0.05, 0) is 55.9 Å². The fourth-order valence-electron chi connectivity index (χ4n) is 3.22. The molecule has 0 aliphatic heterocycles. The average Bonchev–Trinajstić information content (AvgIpc) is 2.68. The van der Waals surface area contributed by atoms with Crippen molar-refractivity contribution in [1.82, 2.24) is 10.6 Å². The quantitative estimate of drug-likeness (QED) is 0.351. The number of nitrogens with zero attached hydrogens (tertiary/aromatic N) is 1. The molecule has 0 aliphatic carbocycles. The molecule has 0 saturated heterocycles. The molecule has 0 saturated carbocycles. The fraction of sp³-hybridized carbons (Fsp3) is 0.435. The van der Waals surface area contributed by atoms with Gasteiger partial charge in [-0.15, -0.1) is 0 Å². The van der Waals surface area contributed by atoms with Crippen LogP contribution in [0.25, 0.3) is 0 Å². The summed E-state index contributed by atoms with van der Waals surface area (Å²) in [5.74, 6) is 0.792. The minimum Gasteiger partial charge on any atom is -0.357 e. The lowest BCUT2D eigenvalue weighted by Crippen LogP contribution is -2.37. The van der Waals surface area contributed by atoms with Crippen molar-refractivity contribution in [3.63, 3.8) is 0 Å². The lowest BCUT2D eigenvalue weighted by atomic mass is 10.1. The van der Waals surface area contributed by atoms with Crippen molar-refractivity contribution in [3.8, 4) is 0 Å². The average molecular weight is 416 g/mol. The molecule has 5 nitrogen and oxygen atoms in total. The van der Waals surface area contributed by atoms with Crippen LogP contribution in [-0.4, -0.2) is 33.7 Å². The van der Waals surface area contributed by atoms with E-state index in [-0.39, 0.29) is 0 Å².